The zero-order chi connectivity index (χ0) is 13.5. The van der Waals surface area contributed by atoms with Crippen molar-refractivity contribution < 1.29 is 9.84 Å². The number of hydrogen-bond donors (Lipinski definition) is 2. The van der Waals surface area contributed by atoms with Crippen LogP contribution in [0.4, 0.5) is 0 Å². The Balaban J connectivity index is 2.35. The van der Waals surface area contributed by atoms with E-state index in [1.165, 1.54) is 19.3 Å². The molecule has 1 heterocycles. The van der Waals surface area contributed by atoms with Crippen molar-refractivity contribution in [2.24, 2.45) is 11.7 Å². The Morgan fingerprint density at radius 3 is 2.72 bits per heavy atom. The van der Waals surface area contributed by atoms with Gasteiger partial charge in [-0.1, -0.05) is 13.3 Å². The van der Waals surface area contributed by atoms with Crippen LogP contribution in [0.25, 0.3) is 0 Å². The highest BCUT2D eigenvalue weighted by molar-refractivity contribution is 4.83. The zero-order valence-corrected chi connectivity index (χ0v) is 12.1. The van der Waals surface area contributed by atoms with Gasteiger partial charge < -0.3 is 15.6 Å². The number of piperidine rings is 1. The second-order valence-corrected chi connectivity index (χ2v) is 5.72. The van der Waals surface area contributed by atoms with Crippen molar-refractivity contribution in [1.82, 2.24) is 4.90 Å². The van der Waals surface area contributed by atoms with Gasteiger partial charge in [0.25, 0.3) is 0 Å². The molecule has 3 atom stereocenters. The zero-order valence-electron chi connectivity index (χ0n) is 12.1. The van der Waals surface area contributed by atoms with E-state index < -0.39 is 6.10 Å². The van der Waals surface area contributed by atoms with E-state index in [2.05, 4.69) is 11.8 Å². The first kappa shape index (κ1) is 15.9. The van der Waals surface area contributed by atoms with E-state index in [0.29, 0.717) is 25.7 Å². The van der Waals surface area contributed by atoms with Crippen LogP contribution >= 0.6 is 0 Å². The van der Waals surface area contributed by atoms with Crippen LogP contribution in [0, 0.1) is 5.92 Å². The molecule has 1 fully saturated rings. The summed E-state index contributed by atoms with van der Waals surface area (Å²) in [5, 5.41) is 9.98. The highest BCUT2D eigenvalue weighted by atomic mass is 16.5. The van der Waals surface area contributed by atoms with E-state index in [0.717, 1.165) is 12.5 Å². The van der Waals surface area contributed by atoms with E-state index in [9.17, 15) is 5.11 Å². The second-order valence-electron chi connectivity index (χ2n) is 5.72. The number of aliphatic hydroxyl groups excluding tert-OH is 1. The molecule has 3 unspecified atom stereocenters. The SMILES string of the molecule is CCC1CCN(CC(O)COC(C)C)C(CN)C1. The lowest BCUT2D eigenvalue weighted by Crippen LogP contribution is -2.50. The number of nitrogens with two attached hydrogens (primary N) is 1. The molecule has 0 aromatic rings. The highest BCUT2D eigenvalue weighted by Crippen LogP contribution is 2.24. The van der Waals surface area contributed by atoms with E-state index >= 15 is 0 Å². The quantitative estimate of drug-likeness (QED) is 0.721. The first-order valence-corrected chi connectivity index (χ1v) is 7.30. The Bertz CT molecular complexity index is 224. The van der Waals surface area contributed by atoms with E-state index in [1.54, 1.807) is 0 Å². The molecule has 0 saturated carbocycles. The molecule has 0 radical (unpaired) electrons. The molecular weight excluding hydrogens is 228 g/mol. The third kappa shape index (κ3) is 5.22. The molecule has 108 valence electrons. The first-order chi connectivity index (χ1) is 8.56. The maximum absolute atomic E-state index is 9.98. The summed E-state index contributed by atoms with van der Waals surface area (Å²) in [5.74, 6) is 0.804. The minimum Gasteiger partial charge on any atom is -0.389 e. The van der Waals surface area contributed by atoms with Gasteiger partial charge in [0.1, 0.15) is 0 Å². The molecule has 1 aliphatic rings. The Morgan fingerprint density at radius 1 is 1.44 bits per heavy atom. The van der Waals surface area contributed by atoms with Gasteiger partial charge >= 0.3 is 0 Å². The summed E-state index contributed by atoms with van der Waals surface area (Å²) in [7, 11) is 0. The van der Waals surface area contributed by atoms with Gasteiger partial charge in [0.05, 0.1) is 18.8 Å². The molecule has 18 heavy (non-hydrogen) atoms. The van der Waals surface area contributed by atoms with Crippen molar-refractivity contribution in [3.63, 3.8) is 0 Å². The molecule has 0 spiro atoms. The van der Waals surface area contributed by atoms with Crippen LogP contribution in [-0.4, -0.2) is 54.5 Å². The van der Waals surface area contributed by atoms with Crippen molar-refractivity contribution in [2.75, 3.05) is 26.2 Å². The summed E-state index contributed by atoms with van der Waals surface area (Å²) in [6, 6.07) is 0.428. The summed E-state index contributed by atoms with van der Waals surface area (Å²) < 4.78 is 5.45. The molecule has 1 saturated heterocycles. The van der Waals surface area contributed by atoms with Gasteiger partial charge in [0, 0.05) is 19.1 Å². The van der Waals surface area contributed by atoms with Crippen LogP contribution in [-0.2, 0) is 4.74 Å². The summed E-state index contributed by atoms with van der Waals surface area (Å²) in [6.45, 7) is 9.07. The van der Waals surface area contributed by atoms with Gasteiger partial charge in [-0.15, -0.1) is 0 Å². The average molecular weight is 258 g/mol. The Hall–Kier alpha value is -0.160. The number of β-amino-alcohol motifs (C(OH)–C–C–N with tert-alkyl or cyclic N) is 1. The maximum Gasteiger partial charge on any atom is 0.0900 e. The minimum absolute atomic E-state index is 0.177. The second kappa shape index (κ2) is 8.10. The summed E-state index contributed by atoms with van der Waals surface area (Å²) in [5.41, 5.74) is 5.85. The predicted molar refractivity (Wildman–Crippen MR) is 74.5 cm³/mol. The van der Waals surface area contributed by atoms with Crippen LogP contribution in [0.15, 0.2) is 0 Å². The Labute approximate surface area is 111 Å². The Morgan fingerprint density at radius 2 is 2.17 bits per heavy atom. The van der Waals surface area contributed by atoms with Crippen molar-refractivity contribution >= 4 is 0 Å². The molecule has 1 rings (SSSR count). The van der Waals surface area contributed by atoms with E-state index in [-0.39, 0.29) is 6.10 Å². The van der Waals surface area contributed by atoms with Crippen molar-refractivity contribution in [3.8, 4) is 0 Å². The largest absolute Gasteiger partial charge is 0.389 e. The lowest BCUT2D eigenvalue weighted by Gasteiger charge is -2.39. The smallest absolute Gasteiger partial charge is 0.0900 e. The number of aliphatic hydroxyl groups is 1. The van der Waals surface area contributed by atoms with Gasteiger partial charge in [-0.3, -0.25) is 4.90 Å². The first-order valence-electron chi connectivity index (χ1n) is 7.30. The highest BCUT2D eigenvalue weighted by Gasteiger charge is 2.27. The topological polar surface area (TPSA) is 58.7 Å². The molecule has 4 nitrogen and oxygen atoms in total. The molecule has 0 amide bonds. The molecule has 1 aliphatic heterocycles. The summed E-state index contributed by atoms with van der Waals surface area (Å²) >= 11 is 0. The number of hydrogen-bond acceptors (Lipinski definition) is 4. The summed E-state index contributed by atoms with van der Waals surface area (Å²) in [6.07, 6.45) is 3.41. The van der Waals surface area contributed by atoms with Crippen molar-refractivity contribution in [1.29, 1.82) is 0 Å². The average Bonchev–Trinajstić information content (AvgIpc) is 2.36. The van der Waals surface area contributed by atoms with Crippen LogP contribution in [0.2, 0.25) is 0 Å². The van der Waals surface area contributed by atoms with Gasteiger partial charge in [0.2, 0.25) is 0 Å². The molecule has 0 bridgehead atoms. The number of ether oxygens (including phenoxy) is 1. The third-order valence-corrected chi connectivity index (χ3v) is 3.86. The molecule has 0 aromatic heterocycles. The normalized spacial score (nSPS) is 27.7. The molecule has 0 aromatic carbocycles. The minimum atomic E-state index is -0.403. The van der Waals surface area contributed by atoms with Gasteiger partial charge in [-0.05, 0) is 39.2 Å². The van der Waals surface area contributed by atoms with E-state index in [4.69, 9.17) is 10.5 Å². The van der Waals surface area contributed by atoms with Gasteiger partial charge in [-0.2, -0.15) is 0 Å². The number of rotatable bonds is 7. The fourth-order valence-electron chi connectivity index (χ4n) is 2.67. The lowest BCUT2D eigenvalue weighted by molar-refractivity contribution is -0.0212. The molecule has 0 aliphatic carbocycles. The van der Waals surface area contributed by atoms with Crippen LogP contribution in [0.1, 0.15) is 40.0 Å². The molecule has 4 heteroatoms. The van der Waals surface area contributed by atoms with Crippen LogP contribution < -0.4 is 5.73 Å². The lowest BCUT2D eigenvalue weighted by atomic mass is 9.89. The van der Waals surface area contributed by atoms with Crippen LogP contribution in [0.3, 0.4) is 0 Å². The standard InChI is InChI=1S/C14H30N2O2/c1-4-12-5-6-16(13(7-12)8-15)9-14(17)10-18-11(2)3/h11-14,17H,4-10,15H2,1-3H3. The van der Waals surface area contributed by atoms with Crippen molar-refractivity contribution in [2.45, 2.75) is 58.3 Å². The summed E-state index contributed by atoms with van der Waals surface area (Å²) in [4.78, 5) is 2.33. The van der Waals surface area contributed by atoms with Gasteiger partial charge in [-0.25, -0.2) is 0 Å². The van der Waals surface area contributed by atoms with E-state index in [1.807, 2.05) is 13.8 Å². The van der Waals surface area contributed by atoms with Crippen LogP contribution in [0.5, 0.6) is 0 Å². The van der Waals surface area contributed by atoms with Gasteiger partial charge in [0.15, 0.2) is 0 Å². The number of likely N-dealkylation sites (tertiary alicyclic amines) is 1. The number of nitrogens with zero attached hydrogens (tertiary/aromatic N) is 1. The maximum atomic E-state index is 9.98. The molecule has 3 N–H and O–H groups in total. The monoisotopic (exact) mass is 258 g/mol. The fourth-order valence-corrected chi connectivity index (χ4v) is 2.67. The molecular formula is C14H30N2O2. The fraction of sp³-hybridized carbons (Fsp3) is 1.00. The predicted octanol–water partition coefficient (Wildman–Crippen LogP) is 1.22. The van der Waals surface area contributed by atoms with Crippen molar-refractivity contribution in [3.05, 3.63) is 0 Å². The Kier molecular flexibility index (Phi) is 7.15. The third-order valence-electron chi connectivity index (χ3n) is 3.86.